The molecule has 10 heteroatoms. The number of allylic oxidation sites excluding steroid dienone is 4. The van der Waals surface area contributed by atoms with Gasteiger partial charge in [-0.3, -0.25) is 0 Å². The lowest BCUT2D eigenvalue weighted by Crippen LogP contribution is -2.56. The first-order valence-corrected chi connectivity index (χ1v) is 12.9. The minimum atomic E-state index is -0.575. The number of carbonyl (C=O) groups excluding carboxylic acids is 1. The summed E-state index contributed by atoms with van der Waals surface area (Å²) < 4.78 is 46.2. The van der Waals surface area contributed by atoms with Crippen LogP contribution < -0.4 is 4.90 Å². The van der Waals surface area contributed by atoms with E-state index in [4.69, 9.17) is 13.9 Å². The molecule has 1 saturated carbocycles. The minimum Gasteiger partial charge on any atom is -0.461 e. The van der Waals surface area contributed by atoms with Crippen molar-refractivity contribution < 1.29 is 27.5 Å². The monoisotopic (exact) mass is 512 g/mol. The van der Waals surface area contributed by atoms with Gasteiger partial charge in [0.25, 0.3) is 6.01 Å². The average Bonchev–Trinajstić information content (AvgIpc) is 3.53. The maximum Gasteiger partial charge on any atom is 0.360 e. The number of ether oxygens (including phenoxy) is 2. The molecule has 8 nitrogen and oxygen atoms in total. The van der Waals surface area contributed by atoms with Crippen molar-refractivity contribution in [3.63, 3.8) is 0 Å². The molecule has 0 N–H and O–H groups in total. The Bertz CT molecular complexity index is 1320. The Morgan fingerprint density at radius 2 is 2.14 bits per heavy atom. The normalized spacial score (nSPS) is 28.4. The molecule has 2 aromatic heterocycles. The van der Waals surface area contributed by atoms with E-state index < -0.39 is 23.0 Å². The fraction of sp³-hybridized carbons (Fsp3) is 0.556. The highest BCUT2D eigenvalue weighted by atomic mass is 19.1. The number of fused-ring (bicyclic) bond motifs is 5. The van der Waals surface area contributed by atoms with Crippen molar-refractivity contribution in [2.45, 2.75) is 63.9 Å². The van der Waals surface area contributed by atoms with E-state index >= 15 is 0 Å². The van der Waals surface area contributed by atoms with Gasteiger partial charge in [0.05, 0.1) is 36.3 Å². The Morgan fingerprint density at radius 1 is 1.30 bits per heavy atom. The summed E-state index contributed by atoms with van der Waals surface area (Å²) in [5.74, 6) is -1.40. The van der Waals surface area contributed by atoms with Crippen molar-refractivity contribution in [1.82, 2.24) is 15.2 Å². The van der Waals surface area contributed by atoms with E-state index in [2.05, 4.69) is 29.0 Å². The molecule has 37 heavy (non-hydrogen) atoms. The molecule has 0 spiro atoms. The number of aromatic nitrogens is 3. The van der Waals surface area contributed by atoms with Gasteiger partial charge < -0.3 is 18.8 Å². The molecule has 0 unspecified atom stereocenters. The third kappa shape index (κ3) is 3.48. The molecule has 2 fully saturated rings. The molecule has 6 rings (SSSR count). The number of esters is 1. The van der Waals surface area contributed by atoms with Crippen LogP contribution in [0.5, 0.6) is 0 Å². The number of morpholine rings is 1. The summed E-state index contributed by atoms with van der Waals surface area (Å²) in [5, 5.41) is 8.97. The van der Waals surface area contributed by atoms with Crippen LogP contribution in [0, 0.1) is 5.41 Å². The van der Waals surface area contributed by atoms with Gasteiger partial charge in [-0.25, -0.2) is 13.6 Å². The van der Waals surface area contributed by atoms with E-state index in [1.54, 1.807) is 6.92 Å². The second kappa shape index (κ2) is 8.72. The molecule has 0 aromatic carbocycles. The van der Waals surface area contributed by atoms with Crippen LogP contribution in [0.2, 0.25) is 0 Å². The van der Waals surface area contributed by atoms with E-state index in [0.717, 1.165) is 24.1 Å². The summed E-state index contributed by atoms with van der Waals surface area (Å²) in [4.78, 5) is 18.4. The lowest BCUT2D eigenvalue weighted by atomic mass is 9.64. The van der Waals surface area contributed by atoms with Gasteiger partial charge in [-0.2, -0.15) is 15.2 Å². The van der Waals surface area contributed by atoms with Crippen LogP contribution in [0.4, 0.5) is 14.8 Å². The first-order chi connectivity index (χ1) is 17.8. The number of hydrogen-bond acceptors (Lipinski definition) is 8. The zero-order valence-corrected chi connectivity index (χ0v) is 21.2. The van der Waals surface area contributed by atoms with E-state index in [-0.39, 0.29) is 47.4 Å². The van der Waals surface area contributed by atoms with Crippen molar-refractivity contribution in [1.29, 1.82) is 0 Å². The Kier molecular flexibility index (Phi) is 5.70. The molecule has 3 aliphatic carbocycles. The van der Waals surface area contributed by atoms with Crippen LogP contribution in [0.1, 0.15) is 79.8 Å². The highest BCUT2D eigenvalue weighted by molar-refractivity contribution is 5.87. The standard InChI is InChI=1S/C27H30F2N4O4/c1-4-35-24(34)20-14-37-25(30-20)33-10-11-36-21(13-33)27-9-8-16(26(27,2)3)15-12-19(31-32-23(15)27)22-17(28)6-5-7-18(22)29/h6,12,14,16,21H,4-5,7-11,13H2,1-3H3/t16-,21+,27-/m0/s1. The van der Waals surface area contributed by atoms with Crippen LogP contribution in [-0.2, 0) is 14.9 Å². The number of nitrogens with zero attached hydrogens (tertiary/aromatic N) is 4. The molecule has 3 heterocycles. The maximum atomic E-state index is 14.6. The SMILES string of the molecule is CCOC(=O)c1coc(N2CCO[C@@H]([C@@]34CC[C@@H](c5cc(C6=C(F)CCC=C6F)nnc53)C4(C)C)C2)n1. The summed E-state index contributed by atoms with van der Waals surface area (Å²) in [6.45, 7) is 7.96. The van der Waals surface area contributed by atoms with Crippen LogP contribution in [0.25, 0.3) is 5.57 Å². The number of halogens is 2. The molecular formula is C27H30F2N4O4. The molecule has 1 aliphatic heterocycles. The van der Waals surface area contributed by atoms with Crippen molar-refractivity contribution in [2.24, 2.45) is 5.41 Å². The number of rotatable bonds is 5. The molecule has 4 aliphatic rings. The van der Waals surface area contributed by atoms with Crippen molar-refractivity contribution >= 4 is 17.6 Å². The Morgan fingerprint density at radius 3 is 2.92 bits per heavy atom. The van der Waals surface area contributed by atoms with E-state index in [1.807, 2.05) is 11.0 Å². The van der Waals surface area contributed by atoms with Gasteiger partial charge in [0, 0.05) is 24.9 Å². The van der Waals surface area contributed by atoms with Gasteiger partial charge in [0.1, 0.15) is 17.9 Å². The van der Waals surface area contributed by atoms with Gasteiger partial charge in [0.2, 0.25) is 0 Å². The summed E-state index contributed by atoms with van der Waals surface area (Å²) in [7, 11) is 0. The molecule has 196 valence electrons. The van der Waals surface area contributed by atoms with Crippen LogP contribution in [0.15, 0.2) is 34.5 Å². The van der Waals surface area contributed by atoms with Gasteiger partial charge in [-0.15, -0.1) is 0 Å². The van der Waals surface area contributed by atoms with Gasteiger partial charge in [-0.1, -0.05) is 13.8 Å². The number of oxazole rings is 1. The minimum absolute atomic E-state index is 0.0717. The highest BCUT2D eigenvalue weighted by Gasteiger charge is 2.67. The predicted octanol–water partition coefficient (Wildman–Crippen LogP) is 5.03. The van der Waals surface area contributed by atoms with Crippen LogP contribution in [0.3, 0.4) is 0 Å². The first kappa shape index (κ1) is 24.2. The lowest BCUT2D eigenvalue weighted by Gasteiger charge is -2.47. The third-order valence-electron chi connectivity index (χ3n) is 8.79. The highest BCUT2D eigenvalue weighted by Crippen LogP contribution is 2.69. The van der Waals surface area contributed by atoms with Crippen LogP contribution >= 0.6 is 0 Å². The summed E-state index contributed by atoms with van der Waals surface area (Å²) in [5.41, 5.74) is 1.53. The molecular weight excluding hydrogens is 482 g/mol. The summed E-state index contributed by atoms with van der Waals surface area (Å²) >= 11 is 0. The Labute approximate surface area is 213 Å². The molecule has 0 amide bonds. The average molecular weight is 513 g/mol. The van der Waals surface area contributed by atoms with E-state index in [0.29, 0.717) is 32.1 Å². The van der Waals surface area contributed by atoms with E-state index in [9.17, 15) is 13.6 Å². The fourth-order valence-electron chi connectivity index (χ4n) is 6.98. The first-order valence-electron chi connectivity index (χ1n) is 12.9. The molecule has 2 bridgehead atoms. The predicted molar refractivity (Wildman–Crippen MR) is 130 cm³/mol. The molecule has 2 aromatic rings. The topological polar surface area (TPSA) is 90.6 Å². The number of hydrogen-bond donors (Lipinski definition) is 0. The van der Waals surface area contributed by atoms with Crippen LogP contribution in [-0.4, -0.2) is 53.6 Å². The molecule has 1 saturated heterocycles. The summed E-state index contributed by atoms with van der Waals surface area (Å²) in [6.07, 6.45) is 4.81. The smallest absolute Gasteiger partial charge is 0.360 e. The van der Waals surface area contributed by atoms with Gasteiger partial charge in [0.15, 0.2) is 5.69 Å². The zero-order chi connectivity index (χ0) is 25.9. The van der Waals surface area contributed by atoms with Crippen molar-refractivity contribution in [2.75, 3.05) is 31.2 Å². The van der Waals surface area contributed by atoms with Crippen molar-refractivity contribution in [3.8, 4) is 0 Å². The lowest BCUT2D eigenvalue weighted by molar-refractivity contribution is -0.0475. The Balaban J connectivity index is 1.34. The molecule has 0 radical (unpaired) electrons. The number of anilines is 1. The second-order valence-electron chi connectivity index (χ2n) is 10.7. The maximum absolute atomic E-state index is 14.6. The third-order valence-corrected chi connectivity index (χ3v) is 8.79. The zero-order valence-electron chi connectivity index (χ0n) is 21.2. The molecule has 3 atom stereocenters. The van der Waals surface area contributed by atoms with Crippen molar-refractivity contribution in [3.05, 3.63) is 52.7 Å². The van der Waals surface area contributed by atoms with Gasteiger partial charge >= 0.3 is 5.97 Å². The largest absolute Gasteiger partial charge is 0.461 e. The van der Waals surface area contributed by atoms with Gasteiger partial charge in [-0.05, 0) is 55.2 Å². The summed E-state index contributed by atoms with van der Waals surface area (Å²) in [6, 6.07) is 2.19. The number of carbonyl (C=O) groups is 1. The fourth-order valence-corrected chi connectivity index (χ4v) is 6.98. The Hall–Kier alpha value is -3.14. The quantitative estimate of drug-likeness (QED) is 0.516. The second-order valence-corrected chi connectivity index (χ2v) is 10.7. The van der Waals surface area contributed by atoms with E-state index in [1.165, 1.54) is 12.3 Å².